The molecule has 4 heterocycles. The van der Waals surface area contributed by atoms with Crippen LogP contribution in [0.1, 0.15) is 0 Å². The summed E-state index contributed by atoms with van der Waals surface area (Å²) in [4.78, 5) is 22.5. The Morgan fingerprint density at radius 3 is 2.21 bits per heavy atom. The van der Waals surface area contributed by atoms with Gasteiger partial charge in [-0.05, 0) is 36.4 Å². The minimum atomic E-state index is -0.566. The first kappa shape index (κ1) is 21.9. The monoisotopic (exact) mass is 462 g/mol. The van der Waals surface area contributed by atoms with Crippen LogP contribution in [0.4, 0.5) is 17.5 Å². The topological polar surface area (TPSA) is 136 Å². The van der Waals surface area contributed by atoms with E-state index in [1.54, 1.807) is 30.9 Å². The molecule has 0 spiro atoms. The Hall–Kier alpha value is -3.96. The number of nitrogens with zero attached hydrogens (tertiary/aromatic N) is 7. The van der Waals surface area contributed by atoms with Gasteiger partial charge in [-0.1, -0.05) is 0 Å². The molecule has 0 atom stereocenters. The number of imidazole rings is 1. The lowest BCUT2D eigenvalue weighted by atomic mass is 10.2. The number of benzene rings is 1. The zero-order chi connectivity index (χ0) is 23.5. The third kappa shape index (κ3) is 4.30. The molecule has 1 fully saturated rings. The van der Waals surface area contributed by atoms with Crippen molar-refractivity contribution in [1.82, 2.24) is 24.5 Å². The van der Waals surface area contributed by atoms with Gasteiger partial charge in [0.15, 0.2) is 17.0 Å². The van der Waals surface area contributed by atoms with Gasteiger partial charge in [-0.2, -0.15) is 9.97 Å². The van der Waals surface area contributed by atoms with Crippen LogP contribution in [0.15, 0.2) is 55.1 Å². The van der Waals surface area contributed by atoms with Crippen molar-refractivity contribution in [2.45, 2.75) is 6.04 Å². The molecule has 0 bridgehead atoms. The van der Waals surface area contributed by atoms with Gasteiger partial charge < -0.3 is 30.4 Å². The molecule has 3 aromatic heterocycles. The number of hydrogen-bond donors (Lipinski definition) is 4. The first-order chi connectivity index (χ1) is 16.7. The lowest BCUT2D eigenvalue weighted by Crippen LogP contribution is -2.47. The number of fused-ring (bicyclic) bond motifs is 1. The van der Waals surface area contributed by atoms with Crippen molar-refractivity contribution in [2.24, 2.45) is 0 Å². The van der Waals surface area contributed by atoms with Gasteiger partial charge in [0.2, 0.25) is 5.95 Å². The number of rotatable bonds is 7. The van der Waals surface area contributed by atoms with Crippen LogP contribution in [0.3, 0.4) is 0 Å². The molecule has 1 aliphatic heterocycles. The van der Waals surface area contributed by atoms with Crippen LogP contribution in [-0.4, -0.2) is 85.3 Å². The van der Waals surface area contributed by atoms with Gasteiger partial charge in [0.25, 0.3) is 0 Å². The van der Waals surface area contributed by atoms with E-state index in [0.29, 0.717) is 36.0 Å². The van der Waals surface area contributed by atoms with E-state index in [0.717, 1.165) is 24.5 Å². The Balaban J connectivity index is 1.47. The highest BCUT2D eigenvalue weighted by atomic mass is 16.3. The molecule has 34 heavy (non-hydrogen) atoms. The van der Waals surface area contributed by atoms with Crippen molar-refractivity contribution in [1.29, 1.82) is 0 Å². The van der Waals surface area contributed by atoms with E-state index in [1.165, 1.54) is 0 Å². The van der Waals surface area contributed by atoms with Crippen molar-refractivity contribution < 1.29 is 15.3 Å². The van der Waals surface area contributed by atoms with Crippen LogP contribution in [0.25, 0.3) is 16.9 Å². The molecule has 11 heteroatoms. The summed E-state index contributed by atoms with van der Waals surface area (Å²) < 4.78 is 1.87. The lowest BCUT2D eigenvalue weighted by molar-refractivity contribution is 0.203. The second-order valence-electron chi connectivity index (χ2n) is 8.06. The first-order valence-corrected chi connectivity index (χ1v) is 11.1. The number of hydrogen-bond acceptors (Lipinski definition) is 10. The zero-order valence-electron chi connectivity index (χ0n) is 18.5. The summed E-state index contributed by atoms with van der Waals surface area (Å²) in [7, 11) is 0. The molecule has 0 radical (unpaired) electrons. The van der Waals surface area contributed by atoms with E-state index >= 15 is 0 Å². The number of aromatic hydroxyl groups is 1. The number of piperazine rings is 1. The molecule has 0 saturated carbocycles. The summed E-state index contributed by atoms with van der Waals surface area (Å²) in [5, 5.41) is 31.8. The zero-order valence-corrected chi connectivity index (χ0v) is 18.5. The smallest absolute Gasteiger partial charge is 0.229 e. The summed E-state index contributed by atoms with van der Waals surface area (Å²) in [6.07, 6.45) is 5.09. The van der Waals surface area contributed by atoms with Gasteiger partial charge in [-0.3, -0.25) is 9.55 Å². The Kier molecular flexibility index (Phi) is 6.11. The van der Waals surface area contributed by atoms with Crippen molar-refractivity contribution in [2.75, 3.05) is 54.5 Å². The number of phenolic OH excluding ortho intramolecular Hbond substituents is 1. The number of phenols is 1. The lowest BCUT2D eigenvalue weighted by Gasteiger charge is -2.36. The standard InChI is InChI=1S/C23H26N8O3/c32-13-16(14-33)26-21-20-22(31(15-25-20)18-5-7-24-8-6-18)28-23(27-21)30-11-9-29(10-12-30)17-1-3-19(34)4-2-17/h1-8,15-16,32-34H,9-14H2,(H,26,27,28). The molecular weight excluding hydrogens is 436 g/mol. The average molecular weight is 463 g/mol. The summed E-state index contributed by atoms with van der Waals surface area (Å²) in [6, 6.07) is 10.4. The van der Waals surface area contributed by atoms with Gasteiger partial charge in [0.1, 0.15) is 12.1 Å². The van der Waals surface area contributed by atoms with E-state index < -0.39 is 6.04 Å². The molecule has 4 N–H and O–H groups in total. The number of aromatic nitrogens is 5. The van der Waals surface area contributed by atoms with Crippen LogP contribution in [-0.2, 0) is 0 Å². The SMILES string of the molecule is OCC(CO)Nc1nc(N2CCN(c3ccc(O)cc3)CC2)nc2c1ncn2-c1ccncc1. The Labute approximate surface area is 196 Å². The van der Waals surface area contributed by atoms with Crippen LogP contribution in [0, 0.1) is 0 Å². The highest BCUT2D eigenvalue weighted by molar-refractivity contribution is 5.85. The first-order valence-electron chi connectivity index (χ1n) is 11.1. The van der Waals surface area contributed by atoms with E-state index in [-0.39, 0.29) is 19.0 Å². The van der Waals surface area contributed by atoms with Crippen LogP contribution >= 0.6 is 0 Å². The molecule has 4 aromatic rings. The largest absolute Gasteiger partial charge is 0.508 e. The second-order valence-corrected chi connectivity index (χ2v) is 8.06. The fourth-order valence-electron chi connectivity index (χ4n) is 3.99. The molecule has 1 aliphatic rings. The number of pyridine rings is 1. The maximum Gasteiger partial charge on any atom is 0.229 e. The normalized spacial score (nSPS) is 14.2. The Morgan fingerprint density at radius 2 is 1.53 bits per heavy atom. The average Bonchev–Trinajstić information content (AvgIpc) is 3.32. The number of aliphatic hydroxyl groups excluding tert-OH is 2. The van der Waals surface area contributed by atoms with Gasteiger partial charge in [-0.25, -0.2) is 4.98 Å². The molecule has 176 valence electrons. The van der Waals surface area contributed by atoms with E-state index in [2.05, 4.69) is 25.1 Å². The fraction of sp³-hybridized carbons (Fsp3) is 0.304. The second kappa shape index (κ2) is 9.49. The highest BCUT2D eigenvalue weighted by Crippen LogP contribution is 2.27. The summed E-state index contributed by atoms with van der Waals surface area (Å²) in [6.45, 7) is 2.47. The summed E-state index contributed by atoms with van der Waals surface area (Å²) in [5.41, 5.74) is 3.09. The molecule has 1 saturated heterocycles. The maximum absolute atomic E-state index is 9.59. The molecule has 0 unspecified atom stereocenters. The van der Waals surface area contributed by atoms with Gasteiger partial charge >= 0.3 is 0 Å². The van der Waals surface area contributed by atoms with E-state index in [9.17, 15) is 15.3 Å². The number of nitrogens with one attached hydrogen (secondary N) is 1. The molecule has 11 nitrogen and oxygen atoms in total. The maximum atomic E-state index is 9.59. The van der Waals surface area contributed by atoms with Gasteiger partial charge in [-0.15, -0.1) is 0 Å². The highest BCUT2D eigenvalue weighted by Gasteiger charge is 2.23. The number of anilines is 3. The van der Waals surface area contributed by atoms with Crippen LogP contribution in [0.5, 0.6) is 5.75 Å². The predicted octanol–water partition coefficient (Wildman–Crippen LogP) is 1.01. The fourth-order valence-corrected chi connectivity index (χ4v) is 3.99. The van der Waals surface area contributed by atoms with Crippen molar-refractivity contribution >= 4 is 28.6 Å². The van der Waals surface area contributed by atoms with E-state index in [1.807, 2.05) is 28.8 Å². The molecule has 1 aromatic carbocycles. The molecule has 5 rings (SSSR count). The Bertz CT molecular complexity index is 1240. The van der Waals surface area contributed by atoms with E-state index in [4.69, 9.17) is 9.97 Å². The molecule has 0 amide bonds. The number of aliphatic hydroxyl groups is 2. The van der Waals surface area contributed by atoms with Crippen molar-refractivity contribution in [3.8, 4) is 11.4 Å². The predicted molar refractivity (Wildman–Crippen MR) is 129 cm³/mol. The molecule has 0 aliphatic carbocycles. The minimum absolute atomic E-state index is 0.242. The minimum Gasteiger partial charge on any atom is -0.508 e. The Morgan fingerprint density at radius 1 is 0.853 bits per heavy atom. The van der Waals surface area contributed by atoms with Gasteiger partial charge in [0, 0.05) is 44.3 Å². The third-order valence-corrected chi connectivity index (χ3v) is 5.88. The van der Waals surface area contributed by atoms with Crippen molar-refractivity contribution in [3.05, 3.63) is 55.1 Å². The van der Waals surface area contributed by atoms with Gasteiger partial charge in [0.05, 0.1) is 24.9 Å². The summed E-state index contributed by atoms with van der Waals surface area (Å²) in [5.74, 6) is 1.26. The van der Waals surface area contributed by atoms with Crippen molar-refractivity contribution in [3.63, 3.8) is 0 Å². The third-order valence-electron chi connectivity index (χ3n) is 5.88. The molecular formula is C23H26N8O3. The van der Waals surface area contributed by atoms with Crippen LogP contribution < -0.4 is 15.1 Å². The summed E-state index contributed by atoms with van der Waals surface area (Å²) >= 11 is 0. The quantitative estimate of drug-likeness (QED) is 0.315. The van der Waals surface area contributed by atoms with Crippen LogP contribution in [0.2, 0.25) is 0 Å².